The fraction of sp³-hybridized carbons (Fsp3) is 0.478. The summed E-state index contributed by atoms with van der Waals surface area (Å²) in [6.45, 7) is 2.23. The highest BCUT2D eigenvalue weighted by molar-refractivity contribution is 7.89. The highest BCUT2D eigenvalue weighted by Crippen LogP contribution is 2.29. The molecule has 4 rings (SSSR count). The van der Waals surface area contributed by atoms with Crippen LogP contribution in [0, 0.1) is 5.92 Å². The Bertz CT molecular complexity index is 1070. The second-order valence-electron chi connectivity index (χ2n) is 8.34. The first kappa shape index (κ1) is 22.5. The number of ether oxygens (including phenoxy) is 1. The Labute approximate surface area is 188 Å². The van der Waals surface area contributed by atoms with Gasteiger partial charge in [0.1, 0.15) is 5.76 Å². The first-order valence-corrected chi connectivity index (χ1v) is 12.4. The number of furan rings is 1. The van der Waals surface area contributed by atoms with Crippen molar-refractivity contribution in [2.75, 3.05) is 13.1 Å². The van der Waals surface area contributed by atoms with Crippen LogP contribution in [0.15, 0.2) is 45.9 Å². The van der Waals surface area contributed by atoms with E-state index in [0.717, 1.165) is 24.8 Å². The number of carbonyl (C=O) groups is 2. The van der Waals surface area contributed by atoms with Gasteiger partial charge in [0, 0.05) is 13.1 Å². The molecule has 8 nitrogen and oxygen atoms in total. The summed E-state index contributed by atoms with van der Waals surface area (Å²) >= 11 is 0. The summed E-state index contributed by atoms with van der Waals surface area (Å²) in [5, 5.41) is 2.66. The Kier molecular flexibility index (Phi) is 6.66. The molecule has 9 heteroatoms. The standard InChI is InChI=1S/C23H28N2O6S/c1-16(22(26)24-15-20-6-3-13-30-20)31-23(27)18-9-11-25(12-10-18)32(28,29)21-8-7-17-4-2-5-19(17)14-21/h3,6-8,13-14,16,18H,2,4-5,9-12,15H2,1H3,(H,24,26). The Morgan fingerprint density at radius 2 is 1.94 bits per heavy atom. The lowest BCUT2D eigenvalue weighted by Gasteiger charge is -2.30. The van der Waals surface area contributed by atoms with Crippen molar-refractivity contribution in [1.29, 1.82) is 0 Å². The van der Waals surface area contributed by atoms with Crippen LogP contribution in [-0.4, -0.2) is 43.8 Å². The number of nitrogens with one attached hydrogen (secondary N) is 1. The van der Waals surface area contributed by atoms with Crippen LogP contribution < -0.4 is 5.32 Å². The van der Waals surface area contributed by atoms with Crippen LogP contribution in [0.5, 0.6) is 0 Å². The maximum Gasteiger partial charge on any atom is 0.309 e. The number of piperidine rings is 1. The van der Waals surface area contributed by atoms with Crippen LogP contribution in [0.1, 0.15) is 43.1 Å². The third-order valence-electron chi connectivity index (χ3n) is 6.17. The van der Waals surface area contributed by atoms with Crippen molar-refractivity contribution in [1.82, 2.24) is 9.62 Å². The van der Waals surface area contributed by atoms with Gasteiger partial charge in [-0.25, -0.2) is 8.42 Å². The number of nitrogens with zero attached hydrogens (tertiary/aromatic N) is 1. The average Bonchev–Trinajstić information content (AvgIpc) is 3.48. The van der Waals surface area contributed by atoms with Crippen LogP contribution >= 0.6 is 0 Å². The number of amides is 1. The molecule has 172 valence electrons. The lowest BCUT2D eigenvalue weighted by Crippen LogP contribution is -2.42. The van der Waals surface area contributed by atoms with Crippen molar-refractivity contribution in [3.8, 4) is 0 Å². The Morgan fingerprint density at radius 3 is 2.66 bits per heavy atom. The van der Waals surface area contributed by atoms with E-state index in [1.54, 1.807) is 24.3 Å². The summed E-state index contributed by atoms with van der Waals surface area (Å²) in [5.41, 5.74) is 2.34. The van der Waals surface area contributed by atoms with E-state index >= 15 is 0 Å². The number of esters is 1. The minimum atomic E-state index is -3.59. The van der Waals surface area contributed by atoms with E-state index in [4.69, 9.17) is 9.15 Å². The van der Waals surface area contributed by atoms with Crippen molar-refractivity contribution < 1.29 is 27.2 Å². The first-order valence-electron chi connectivity index (χ1n) is 11.0. The van der Waals surface area contributed by atoms with Crippen LogP contribution in [0.3, 0.4) is 0 Å². The van der Waals surface area contributed by atoms with Gasteiger partial charge in [-0.05, 0) is 74.4 Å². The van der Waals surface area contributed by atoms with Gasteiger partial charge in [0.2, 0.25) is 10.0 Å². The summed E-state index contributed by atoms with van der Waals surface area (Å²) in [7, 11) is -3.59. The molecule has 1 unspecified atom stereocenters. The molecule has 0 bridgehead atoms. The summed E-state index contributed by atoms with van der Waals surface area (Å²) < 4.78 is 38.0. The maximum atomic E-state index is 13.0. The van der Waals surface area contributed by atoms with E-state index in [1.807, 2.05) is 6.07 Å². The highest BCUT2D eigenvalue weighted by atomic mass is 32.2. The summed E-state index contributed by atoms with van der Waals surface area (Å²) in [4.78, 5) is 25.0. The summed E-state index contributed by atoms with van der Waals surface area (Å²) in [5.74, 6) is -0.706. The second kappa shape index (κ2) is 9.46. The third kappa shape index (κ3) is 4.88. The van der Waals surface area contributed by atoms with Crippen molar-refractivity contribution in [2.45, 2.75) is 56.6 Å². The third-order valence-corrected chi connectivity index (χ3v) is 8.07. The average molecular weight is 461 g/mol. The molecule has 2 aromatic rings. The summed E-state index contributed by atoms with van der Waals surface area (Å²) in [6.07, 6.45) is 4.29. The predicted octanol–water partition coefficient (Wildman–Crippen LogP) is 2.42. The number of carbonyl (C=O) groups excluding carboxylic acids is 2. The molecule has 2 heterocycles. The van der Waals surface area contributed by atoms with Gasteiger partial charge in [0.25, 0.3) is 5.91 Å². The molecule has 0 saturated carbocycles. The van der Waals surface area contributed by atoms with Crippen LogP contribution in [0.25, 0.3) is 0 Å². The molecular weight excluding hydrogens is 432 g/mol. The van der Waals surface area contributed by atoms with Gasteiger partial charge in [0.15, 0.2) is 6.10 Å². The Morgan fingerprint density at radius 1 is 1.19 bits per heavy atom. The highest BCUT2D eigenvalue weighted by Gasteiger charge is 2.34. The number of fused-ring (bicyclic) bond motifs is 1. The van der Waals surface area contributed by atoms with E-state index < -0.39 is 33.9 Å². The van der Waals surface area contributed by atoms with E-state index in [1.165, 1.54) is 23.1 Å². The molecule has 0 spiro atoms. The second-order valence-corrected chi connectivity index (χ2v) is 10.3. The van der Waals surface area contributed by atoms with Crippen LogP contribution in [0.4, 0.5) is 0 Å². The van der Waals surface area contributed by atoms with Crippen molar-refractivity contribution in [3.63, 3.8) is 0 Å². The topological polar surface area (TPSA) is 106 Å². The van der Waals surface area contributed by atoms with E-state index in [-0.39, 0.29) is 19.6 Å². The van der Waals surface area contributed by atoms with Crippen LogP contribution in [-0.2, 0) is 43.7 Å². The van der Waals surface area contributed by atoms with Gasteiger partial charge in [-0.15, -0.1) is 0 Å². The van der Waals surface area contributed by atoms with Crippen molar-refractivity contribution in [3.05, 3.63) is 53.5 Å². The number of hydrogen-bond donors (Lipinski definition) is 1. The fourth-order valence-electron chi connectivity index (χ4n) is 4.24. The number of sulfonamides is 1. The lowest BCUT2D eigenvalue weighted by atomic mass is 9.98. The van der Waals surface area contributed by atoms with E-state index in [9.17, 15) is 18.0 Å². The number of aryl methyl sites for hydroxylation is 2. The predicted molar refractivity (Wildman–Crippen MR) is 116 cm³/mol. The number of benzene rings is 1. The number of hydrogen-bond acceptors (Lipinski definition) is 6. The molecular formula is C23H28N2O6S. The molecule has 1 aliphatic carbocycles. The van der Waals surface area contributed by atoms with E-state index in [2.05, 4.69) is 5.32 Å². The zero-order valence-corrected chi connectivity index (χ0v) is 18.9. The van der Waals surface area contributed by atoms with Crippen molar-refractivity contribution >= 4 is 21.9 Å². The smallest absolute Gasteiger partial charge is 0.309 e. The monoisotopic (exact) mass is 460 g/mol. The summed E-state index contributed by atoms with van der Waals surface area (Å²) in [6, 6.07) is 8.85. The minimum absolute atomic E-state index is 0.215. The quantitative estimate of drug-likeness (QED) is 0.636. The lowest BCUT2D eigenvalue weighted by molar-refractivity contribution is -0.159. The zero-order chi connectivity index (χ0) is 22.7. The molecule has 1 aromatic carbocycles. The van der Waals surface area contributed by atoms with Gasteiger partial charge in [-0.2, -0.15) is 4.31 Å². The van der Waals surface area contributed by atoms with E-state index in [0.29, 0.717) is 23.5 Å². The molecule has 1 aliphatic heterocycles. The minimum Gasteiger partial charge on any atom is -0.467 e. The van der Waals surface area contributed by atoms with Crippen molar-refractivity contribution in [2.24, 2.45) is 5.92 Å². The van der Waals surface area contributed by atoms with Gasteiger partial charge in [-0.1, -0.05) is 6.07 Å². The molecule has 32 heavy (non-hydrogen) atoms. The normalized spacial score (nSPS) is 18.2. The van der Waals surface area contributed by atoms with Gasteiger partial charge in [0.05, 0.1) is 23.6 Å². The maximum absolute atomic E-state index is 13.0. The van der Waals surface area contributed by atoms with Gasteiger partial charge in [-0.3, -0.25) is 9.59 Å². The first-order chi connectivity index (χ1) is 15.3. The van der Waals surface area contributed by atoms with Gasteiger partial charge < -0.3 is 14.5 Å². The molecule has 1 amide bonds. The molecule has 1 saturated heterocycles. The molecule has 2 aliphatic rings. The van der Waals surface area contributed by atoms with Gasteiger partial charge >= 0.3 is 5.97 Å². The largest absolute Gasteiger partial charge is 0.467 e. The molecule has 1 N–H and O–H groups in total. The molecule has 1 aromatic heterocycles. The number of rotatable bonds is 7. The Hall–Kier alpha value is -2.65. The fourth-order valence-corrected chi connectivity index (χ4v) is 5.77. The molecule has 0 radical (unpaired) electrons. The SMILES string of the molecule is CC(OC(=O)C1CCN(S(=O)(=O)c2ccc3c(c2)CCC3)CC1)C(=O)NCc1ccco1. The van der Waals surface area contributed by atoms with Crippen LogP contribution in [0.2, 0.25) is 0 Å². The molecule has 1 fully saturated rings. The molecule has 1 atom stereocenters. The zero-order valence-electron chi connectivity index (χ0n) is 18.1. The Balaban J connectivity index is 1.28.